The van der Waals surface area contributed by atoms with E-state index in [9.17, 15) is 13.6 Å². The summed E-state index contributed by atoms with van der Waals surface area (Å²) in [7, 11) is 0. The lowest BCUT2D eigenvalue weighted by molar-refractivity contribution is 0.548. The number of aliphatic imine (C=N–C) groups is 1. The number of hydrogen-bond acceptors (Lipinski definition) is 2. The van der Waals surface area contributed by atoms with Gasteiger partial charge < -0.3 is 0 Å². The Hall–Kier alpha value is -1.54. The molecule has 1 aliphatic carbocycles. The van der Waals surface area contributed by atoms with E-state index in [1.54, 1.807) is 6.92 Å². The van der Waals surface area contributed by atoms with Crippen LogP contribution in [0.15, 0.2) is 17.1 Å². The van der Waals surface area contributed by atoms with E-state index >= 15 is 0 Å². The average Bonchev–Trinajstić information content (AvgIpc) is 2.93. The van der Waals surface area contributed by atoms with Crippen molar-refractivity contribution in [1.29, 1.82) is 0 Å². The van der Waals surface area contributed by atoms with Gasteiger partial charge in [0.15, 0.2) is 0 Å². The molecule has 0 spiro atoms. The summed E-state index contributed by atoms with van der Waals surface area (Å²) in [5, 5.41) is 0. The molecule has 1 aliphatic rings. The van der Waals surface area contributed by atoms with E-state index in [0.29, 0.717) is 24.0 Å². The van der Waals surface area contributed by atoms with E-state index in [4.69, 9.17) is 0 Å². The molecule has 0 saturated heterocycles. The minimum Gasteiger partial charge on any atom is -0.211 e. The summed E-state index contributed by atoms with van der Waals surface area (Å²) in [6.07, 6.45) is 2.75. The van der Waals surface area contributed by atoms with Crippen molar-refractivity contribution in [3.05, 3.63) is 34.9 Å². The molecular formula is C11H9F2NO. The summed E-state index contributed by atoms with van der Waals surface area (Å²) in [6, 6.07) is 2.08. The van der Waals surface area contributed by atoms with Gasteiger partial charge in [-0.25, -0.2) is 13.6 Å². The number of nitrogens with zero attached hydrogens (tertiary/aromatic N) is 1. The zero-order valence-electron chi connectivity index (χ0n) is 8.18. The highest BCUT2D eigenvalue weighted by molar-refractivity contribution is 5.44. The predicted octanol–water partition coefficient (Wildman–Crippen LogP) is 2.60. The lowest BCUT2D eigenvalue weighted by Gasteiger charge is -2.12. The minimum atomic E-state index is -0.714. The van der Waals surface area contributed by atoms with Crippen LogP contribution >= 0.6 is 0 Å². The molecule has 2 nitrogen and oxygen atoms in total. The Balaban J connectivity index is 2.57. The van der Waals surface area contributed by atoms with E-state index < -0.39 is 17.2 Å². The third kappa shape index (κ3) is 1.57. The maximum absolute atomic E-state index is 13.3. The summed E-state index contributed by atoms with van der Waals surface area (Å²) in [5.41, 5.74) is 0.102. The Bertz CT molecular complexity index is 460. The van der Waals surface area contributed by atoms with Crippen LogP contribution in [0.2, 0.25) is 0 Å². The molecule has 78 valence electrons. The van der Waals surface area contributed by atoms with Gasteiger partial charge in [0, 0.05) is 6.07 Å². The van der Waals surface area contributed by atoms with Crippen molar-refractivity contribution in [2.75, 3.05) is 0 Å². The van der Waals surface area contributed by atoms with Crippen molar-refractivity contribution in [1.82, 2.24) is 0 Å². The van der Waals surface area contributed by atoms with E-state index in [0.717, 1.165) is 6.07 Å². The maximum atomic E-state index is 13.3. The first-order chi connectivity index (χ1) is 7.09. The van der Waals surface area contributed by atoms with Crippen LogP contribution in [0, 0.1) is 18.6 Å². The van der Waals surface area contributed by atoms with Crippen LogP contribution in [-0.2, 0) is 10.3 Å². The van der Waals surface area contributed by atoms with Crippen molar-refractivity contribution < 1.29 is 13.6 Å². The van der Waals surface area contributed by atoms with Gasteiger partial charge in [0.1, 0.15) is 11.6 Å². The molecule has 0 N–H and O–H groups in total. The van der Waals surface area contributed by atoms with Crippen LogP contribution in [0.4, 0.5) is 8.78 Å². The quantitative estimate of drug-likeness (QED) is 0.543. The maximum Gasteiger partial charge on any atom is 0.235 e. The standard InChI is InChI=1S/C11H9F2NO/c1-7-9(4-8(12)5-10(7)13)11(2-3-11)14-6-15/h4-5H,2-3H2,1H3. The highest BCUT2D eigenvalue weighted by atomic mass is 19.1. The molecule has 15 heavy (non-hydrogen) atoms. The molecule has 1 aromatic carbocycles. The average molecular weight is 209 g/mol. The number of halogens is 2. The molecule has 1 saturated carbocycles. The highest BCUT2D eigenvalue weighted by Gasteiger charge is 2.46. The van der Waals surface area contributed by atoms with Crippen LogP contribution in [0.5, 0.6) is 0 Å². The Morgan fingerprint density at radius 3 is 2.60 bits per heavy atom. The van der Waals surface area contributed by atoms with Crippen molar-refractivity contribution in [2.45, 2.75) is 25.3 Å². The molecule has 0 radical (unpaired) electrons. The van der Waals surface area contributed by atoms with Crippen molar-refractivity contribution in [3.8, 4) is 0 Å². The number of benzene rings is 1. The van der Waals surface area contributed by atoms with Gasteiger partial charge in [0.2, 0.25) is 6.08 Å². The molecule has 0 atom stereocenters. The Kier molecular flexibility index (Phi) is 2.16. The Labute approximate surface area is 85.6 Å². The SMILES string of the molecule is Cc1c(F)cc(F)cc1C1(N=C=O)CC1. The van der Waals surface area contributed by atoms with Gasteiger partial charge in [-0.2, -0.15) is 4.99 Å². The first-order valence-corrected chi connectivity index (χ1v) is 4.64. The Morgan fingerprint density at radius 2 is 2.07 bits per heavy atom. The number of hydrogen-bond donors (Lipinski definition) is 0. The second-order valence-electron chi connectivity index (χ2n) is 3.79. The van der Waals surface area contributed by atoms with Gasteiger partial charge in [-0.1, -0.05) is 0 Å². The van der Waals surface area contributed by atoms with Crippen molar-refractivity contribution >= 4 is 6.08 Å². The molecule has 0 heterocycles. The lowest BCUT2D eigenvalue weighted by Crippen LogP contribution is -2.07. The fourth-order valence-corrected chi connectivity index (χ4v) is 1.78. The van der Waals surface area contributed by atoms with Crippen LogP contribution in [-0.4, -0.2) is 6.08 Å². The topological polar surface area (TPSA) is 29.4 Å². The second kappa shape index (κ2) is 3.24. The van der Waals surface area contributed by atoms with E-state index in [1.165, 1.54) is 12.1 Å². The largest absolute Gasteiger partial charge is 0.235 e. The second-order valence-corrected chi connectivity index (χ2v) is 3.79. The smallest absolute Gasteiger partial charge is 0.211 e. The fourth-order valence-electron chi connectivity index (χ4n) is 1.78. The van der Waals surface area contributed by atoms with Gasteiger partial charge in [-0.3, -0.25) is 0 Å². The zero-order valence-corrected chi connectivity index (χ0v) is 8.18. The van der Waals surface area contributed by atoms with Crippen LogP contribution in [0.25, 0.3) is 0 Å². The van der Waals surface area contributed by atoms with Crippen molar-refractivity contribution in [2.24, 2.45) is 4.99 Å². The van der Waals surface area contributed by atoms with Gasteiger partial charge in [0.05, 0.1) is 5.54 Å². The third-order valence-electron chi connectivity index (χ3n) is 2.79. The number of isocyanates is 1. The lowest BCUT2D eigenvalue weighted by atomic mass is 9.99. The Morgan fingerprint density at radius 1 is 1.40 bits per heavy atom. The molecular weight excluding hydrogens is 200 g/mol. The van der Waals surface area contributed by atoms with Crippen molar-refractivity contribution in [3.63, 3.8) is 0 Å². The van der Waals surface area contributed by atoms with Gasteiger partial charge in [0.25, 0.3) is 0 Å². The minimum absolute atomic E-state index is 0.355. The van der Waals surface area contributed by atoms with Gasteiger partial charge >= 0.3 is 0 Å². The molecule has 0 amide bonds. The van der Waals surface area contributed by atoms with Gasteiger partial charge in [-0.05, 0) is 37.0 Å². The predicted molar refractivity (Wildman–Crippen MR) is 50.1 cm³/mol. The normalized spacial score (nSPS) is 17.0. The molecule has 1 aromatic rings. The number of carbonyl (C=O) groups excluding carboxylic acids is 1. The van der Waals surface area contributed by atoms with E-state index in [2.05, 4.69) is 4.99 Å². The molecule has 0 aromatic heterocycles. The van der Waals surface area contributed by atoms with E-state index in [1.807, 2.05) is 0 Å². The monoisotopic (exact) mass is 209 g/mol. The molecule has 4 heteroatoms. The van der Waals surface area contributed by atoms with Gasteiger partial charge in [-0.15, -0.1) is 0 Å². The highest BCUT2D eigenvalue weighted by Crippen LogP contribution is 2.50. The summed E-state index contributed by atoms with van der Waals surface area (Å²) in [4.78, 5) is 13.9. The summed E-state index contributed by atoms with van der Waals surface area (Å²) in [5.74, 6) is -1.24. The van der Waals surface area contributed by atoms with Crippen LogP contribution in [0.1, 0.15) is 24.0 Å². The first kappa shape index (κ1) is 9.99. The number of rotatable bonds is 2. The molecule has 2 rings (SSSR count). The first-order valence-electron chi connectivity index (χ1n) is 4.64. The summed E-state index contributed by atoms with van der Waals surface area (Å²) >= 11 is 0. The molecule has 1 fully saturated rings. The third-order valence-corrected chi connectivity index (χ3v) is 2.79. The summed E-state index contributed by atoms with van der Waals surface area (Å²) in [6.45, 7) is 1.56. The molecule has 0 unspecified atom stereocenters. The van der Waals surface area contributed by atoms with E-state index in [-0.39, 0.29) is 0 Å². The molecule has 0 bridgehead atoms. The summed E-state index contributed by atoms with van der Waals surface area (Å²) < 4.78 is 26.3. The zero-order chi connectivity index (χ0) is 11.1. The fraction of sp³-hybridized carbons (Fsp3) is 0.364. The molecule has 0 aliphatic heterocycles. The van der Waals surface area contributed by atoms with Crippen LogP contribution < -0.4 is 0 Å². The van der Waals surface area contributed by atoms with Crippen LogP contribution in [0.3, 0.4) is 0 Å².